The summed E-state index contributed by atoms with van der Waals surface area (Å²) in [6, 6.07) is 0. The summed E-state index contributed by atoms with van der Waals surface area (Å²) in [6.45, 7) is 6.32. The van der Waals surface area contributed by atoms with E-state index in [1.807, 2.05) is 26.8 Å². The standard InChI is InChI=1S/C22H39FO3/c1-16(2)10-11-17(3)21(25)13-12-19-18(20(23)15-22(19)26)9-7-5-4-6-8-14-24/h10,12-13,17-22,24-26H,4-9,11,14-15H2,1-3H3/b13-12+/t17-,18-,19-,20-,21?,22-/m1/s1. The largest absolute Gasteiger partial charge is 0.396 e. The van der Waals surface area contributed by atoms with Gasteiger partial charge in [-0.1, -0.05) is 56.4 Å². The van der Waals surface area contributed by atoms with Crippen LogP contribution in [0, 0.1) is 17.8 Å². The summed E-state index contributed by atoms with van der Waals surface area (Å²) in [5.74, 6) is -0.252. The van der Waals surface area contributed by atoms with Crippen LogP contribution in [0.3, 0.4) is 0 Å². The molecule has 0 aliphatic heterocycles. The quantitative estimate of drug-likeness (QED) is 0.348. The van der Waals surface area contributed by atoms with Crippen molar-refractivity contribution in [3.63, 3.8) is 0 Å². The number of hydrogen-bond donors (Lipinski definition) is 3. The highest BCUT2D eigenvalue weighted by Gasteiger charge is 2.40. The highest BCUT2D eigenvalue weighted by atomic mass is 19.1. The zero-order chi connectivity index (χ0) is 19.5. The zero-order valence-corrected chi connectivity index (χ0v) is 16.8. The van der Waals surface area contributed by atoms with Crippen LogP contribution >= 0.6 is 0 Å². The number of halogens is 1. The molecule has 0 heterocycles. The van der Waals surface area contributed by atoms with Crippen molar-refractivity contribution in [1.82, 2.24) is 0 Å². The van der Waals surface area contributed by atoms with Gasteiger partial charge >= 0.3 is 0 Å². The minimum Gasteiger partial charge on any atom is -0.396 e. The molecular weight excluding hydrogens is 331 g/mol. The van der Waals surface area contributed by atoms with Gasteiger partial charge in [0.15, 0.2) is 0 Å². The van der Waals surface area contributed by atoms with E-state index in [1.54, 1.807) is 6.08 Å². The molecule has 4 heteroatoms. The van der Waals surface area contributed by atoms with E-state index in [9.17, 15) is 14.6 Å². The van der Waals surface area contributed by atoms with E-state index < -0.39 is 18.4 Å². The first-order chi connectivity index (χ1) is 12.4. The molecule has 0 bridgehead atoms. The molecule has 1 saturated carbocycles. The molecule has 0 aromatic rings. The highest BCUT2D eigenvalue weighted by molar-refractivity contribution is 5.05. The number of alkyl halides is 1. The minimum atomic E-state index is -0.961. The molecular formula is C22H39FO3. The van der Waals surface area contributed by atoms with Crippen molar-refractivity contribution in [3.8, 4) is 0 Å². The van der Waals surface area contributed by atoms with Gasteiger partial charge in [0.05, 0.1) is 12.2 Å². The Labute approximate surface area is 159 Å². The molecule has 0 aromatic carbocycles. The molecule has 3 N–H and O–H groups in total. The van der Waals surface area contributed by atoms with Crippen molar-refractivity contribution in [2.24, 2.45) is 17.8 Å². The first-order valence-corrected chi connectivity index (χ1v) is 10.3. The number of aliphatic hydroxyl groups is 3. The van der Waals surface area contributed by atoms with Crippen LogP contribution in [0.1, 0.15) is 72.1 Å². The van der Waals surface area contributed by atoms with Gasteiger partial charge in [0.1, 0.15) is 6.17 Å². The fraction of sp³-hybridized carbons (Fsp3) is 0.818. The molecule has 26 heavy (non-hydrogen) atoms. The lowest BCUT2D eigenvalue weighted by Gasteiger charge is -2.21. The van der Waals surface area contributed by atoms with Gasteiger partial charge in [0, 0.05) is 18.9 Å². The summed E-state index contributed by atoms with van der Waals surface area (Å²) in [6.07, 6.45) is 10.2. The van der Waals surface area contributed by atoms with Gasteiger partial charge in [-0.15, -0.1) is 0 Å². The Balaban J connectivity index is 2.51. The van der Waals surface area contributed by atoms with E-state index in [4.69, 9.17) is 5.11 Å². The van der Waals surface area contributed by atoms with E-state index in [2.05, 4.69) is 6.08 Å². The van der Waals surface area contributed by atoms with Crippen molar-refractivity contribution in [2.75, 3.05) is 6.61 Å². The molecule has 0 amide bonds. The van der Waals surface area contributed by atoms with E-state index in [0.29, 0.717) is 0 Å². The molecule has 6 atom stereocenters. The second kappa shape index (κ2) is 12.6. The van der Waals surface area contributed by atoms with E-state index in [-0.39, 0.29) is 30.8 Å². The summed E-state index contributed by atoms with van der Waals surface area (Å²) in [5.41, 5.74) is 1.23. The molecule has 1 unspecified atom stereocenters. The van der Waals surface area contributed by atoms with Crippen LogP contribution in [-0.4, -0.2) is 40.3 Å². The van der Waals surface area contributed by atoms with Crippen LogP contribution < -0.4 is 0 Å². The Morgan fingerprint density at radius 3 is 2.46 bits per heavy atom. The van der Waals surface area contributed by atoms with Crippen LogP contribution in [-0.2, 0) is 0 Å². The van der Waals surface area contributed by atoms with Gasteiger partial charge < -0.3 is 15.3 Å². The normalized spacial score (nSPS) is 28.4. The van der Waals surface area contributed by atoms with E-state index >= 15 is 0 Å². The van der Waals surface area contributed by atoms with Crippen LogP contribution in [0.15, 0.2) is 23.8 Å². The Morgan fingerprint density at radius 1 is 1.15 bits per heavy atom. The smallest absolute Gasteiger partial charge is 0.106 e. The Kier molecular flexibility index (Phi) is 11.3. The molecule has 152 valence electrons. The van der Waals surface area contributed by atoms with Crippen molar-refractivity contribution < 1.29 is 19.7 Å². The monoisotopic (exact) mass is 370 g/mol. The summed E-state index contributed by atoms with van der Waals surface area (Å²) in [7, 11) is 0. The molecule has 1 aliphatic rings. The molecule has 0 spiro atoms. The SMILES string of the molecule is CC(C)=CC[C@@H](C)C(O)/C=C/[C@@H]1[C@@H](CCCCCCCO)[C@H](F)C[C@H]1O. The van der Waals surface area contributed by atoms with E-state index in [1.165, 1.54) is 5.57 Å². The lowest BCUT2D eigenvalue weighted by Crippen LogP contribution is -2.21. The number of hydrogen-bond acceptors (Lipinski definition) is 3. The molecule has 0 aromatic heterocycles. The minimum absolute atomic E-state index is 0.103. The van der Waals surface area contributed by atoms with Gasteiger partial charge in [-0.05, 0) is 44.9 Å². The molecule has 1 fully saturated rings. The summed E-state index contributed by atoms with van der Waals surface area (Å²) < 4.78 is 14.3. The van der Waals surface area contributed by atoms with Crippen molar-refractivity contribution in [3.05, 3.63) is 23.8 Å². The highest BCUT2D eigenvalue weighted by Crippen LogP contribution is 2.39. The molecule has 1 rings (SSSR count). The number of allylic oxidation sites excluding steroid dienone is 2. The Morgan fingerprint density at radius 2 is 1.81 bits per heavy atom. The maximum absolute atomic E-state index is 14.3. The summed E-state index contributed by atoms with van der Waals surface area (Å²) in [5, 5.41) is 29.3. The van der Waals surface area contributed by atoms with Crippen LogP contribution in [0.4, 0.5) is 4.39 Å². The average molecular weight is 371 g/mol. The van der Waals surface area contributed by atoms with Gasteiger partial charge in [0.25, 0.3) is 0 Å². The van der Waals surface area contributed by atoms with Gasteiger partial charge in [-0.25, -0.2) is 4.39 Å². The maximum Gasteiger partial charge on any atom is 0.106 e. The molecule has 0 radical (unpaired) electrons. The van der Waals surface area contributed by atoms with Gasteiger partial charge in [-0.3, -0.25) is 0 Å². The third-order valence-corrected chi connectivity index (χ3v) is 5.58. The van der Waals surface area contributed by atoms with Crippen molar-refractivity contribution in [2.45, 2.75) is 90.5 Å². The van der Waals surface area contributed by atoms with Gasteiger partial charge in [0.2, 0.25) is 0 Å². The number of unbranched alkanes of at least 4 members (excludes halogenated alkanes) is 4. The molecule has 3 nitrogen and oxygen atoms in total. The maximum atomic E-state index is 14.3. The van der Waals surface area contributed by atoms with Crippen molar-refractivity contribution >= 4 is 0 Å². The zero-order valence-electron chi connectivity index (χ0n) is 16.8. The molecule has 1 aliphatic carbocycles. The Hall–Kier alpha value is -0.710. The second-order valence-electron chi connectivity index (χ2n) is 8.21. The third kappa shape index (κ3) is 8.32. The lowest BCUT2D eigenvalue weighted by atomic mass is 9.87. The third-order valence-electron chi connectivity index (χ3n) is 5.58. The topological polar surface area (TPSA) is 60.7 Å². The fourth-order valence-electron chi connectivity index (χ4n) is 3.75. The van der Waals surface area contributed by atoms with Crippen LogP contribution in [0.25, 0.3) is 0 Å². The predicted octanol–water partition coefficient (Wildman–Crippen LogP) is 4.56. The summed E-state index contributed by atoms with van der Waals surface area (Å²) in [4.78, 5) is 0. The number of rotatable bonds is 12. The molecule has 0 saturated heterocycles. The summed E-state index contributed by atoms with van der Waals surface area (Å²) >= 11 is 0. The van der Waals surface area contributed by atoms with E-state index in [0.717, 1.165) is 44.9 Å². The van der Waals surface area contributed by atoms with Crippen LogP contribution in [0.5, 0.6) is 0 Å². The Bertz CT molecular complexity index is 431. The van der Waals surface area contributed by atoms with Gasteiger partial charge in [-0.2, -0.15) is 0 Å². The van der Waals surface area contributed by atoms with Crippen LogP contribution in [0.2, 0.25) is 0 Å². The predicted molar refractivity (Wildman–Crippen MR) is 106 cm³/mol. The fourth-order valence-corrected chi connectivity index (χ4v) is 3.75. The average Bonchev–Trinajstić information content (AvgIpc) is 2.86. The number of aliphatic hydroxyl groups excluding tert-OH is 3. The second-order valence-corrected chi connectivity index (χ2v) is 8.21. The first-order valence-electron chi connectivity index (χ1n) is 10.3. The first kappa shape index (κ1) is 23.3. The van der Waals surface area contributed by atoms with Crippen molar-refractivity contribution in [1.29, 1.82) is 0 Å². The lowest BCUT2D eigenvalue weighted by molar-refractivity contribution is 0.135.